The van der Waals surface area contributed by atoms with E-state index in [0.29, 0.717) is 52.4 Å². The number of carbonyl (C=O) groups is 2. The van der Waals surface area contributed by atoms with Crippen molar-refractivity contribution in [3.05, 3.63) is 77.5 Å². The van der Waals surface area contributed by atoms with Gasteiger partial charge in [0.15, 0.2) is 11.4 Å². The Kier molecular flexibility index (Phi) is 6.76. The lowest BCUT2D eigenvalue weighted by Gasteiger charge is -2.42. The van der Waals surface area contributed by atoms with Gasteiger partial charge in [0.2, 0.25) is 5.82 Å². The van der Waals surface area contributed by atoms with Crippen LogP contribution in [-0.2, 0) is 0 Å². The number of nitrogens with one attached hydrogen (secondary N) is 1. The minimum atomic E-state index is -0.350. The first-order valence-corrected chi connectivity index (χ1v) is 13.7. The van der Waals surface area contributed by atoms with Crippen LogP contribution in [0.4, 0.5) is 10.2 Å². The van der Waals surface area contributed by atoms with Gasteiger partial charge in [0.25, 0.3) is 5.91 Å². The van der Waals surface area contributed by atoms with E-state index in [1.54, 1.807) is 48.5 Å². The molecule has 1 saturated heterocycles. The summed E-state index contributed by atoms with van der Waals surface area (Å²) in [6, 6.07) is 9.73. The molecule has 12 heteroatoms. The van der Waals surface area contributed by atoms with Gasteiger partial charge in [0.1, 0.15) is 17.5 Å². The van der Waals surface area contributed by atoms with Gasteiger partial charge >= 0.3 is 0 Å². The first kappa shape index (κ1) is 27.2. The summed E-state index contributed by atoms with van der Waals surface area (Å²) in [7, 11) is 0. The molecule has 42 heavy (non-hydrogen) atoms. The monoisotopic (exact) mass is 567 g/mol. The Morgan fingerprint density at radius 1 is 1.02 bits per heavy atom. The zero-order valence-electron chi connectivity index (χ0n) is 23.7. The number of aromatic amines is 1. The van der Waals surface area contributed by atoms with Crippen molar-refractivity contribution in [1.29, 1.82) is 0 Å². The molecule has 4 aromatic heterocycles. The minimum Gasteiger partial charge on any atom is -0.383 e. The molecule has 214 valence electrons. The molecule has 6 rings (SSSR count). The van der Waals surface area contributed by atoms with Crippen LogP contribution in [0.2, 0.25) is 0 Å². The molecule has 5 heterocycles. The summed E-state index contributed by atoms with van der Waals surface area (Å²) in [6.07, 6.45) is 4.43. The molecule has 1 fully saturated rings. The predicted octanol–water partition coefficient (Wildman–Crippen LogP) is 4.61. The number of amides is 1. The molecule has 1 aromatic carbocycles. The first-order chi connectivity index (χ1) is 20.1. The number of nitrogens with zero attached hydrogens (tertiary/aromatic N) is 7. The van der Waals surface area contributed by atoms with Gasteiger partial charge < -0.3 is 10.6 Å². The predicted molar refractivity (Wildman–Crippen MR) is 154 cm³/mol. The lowest BCUT2D eigenvalue weighted by Crippen LogP contribution is -2.50. The molecular weight excluding hydrogens is 537 g/mol. The number of H-pyrrole nitrogens is 1. The molecule has 1 aliphatic heterocycles. The van der Waals surface area contributed by atoms with Gasteiger partial charge in [-0.3, -0.25) is 19.7 Å². The lowest BCUT2D eigenvalue weighted by atomic mass is 9.82. The Hall–Kier alpha value is -5.00. The fraction of sp³-hybridized carbons (Fsp3) is 0.300. The number of halogens is 1. The van der Waals surface area contributed by atoms with Crippen molar-refractivity contribution in [1.82, 2.24) is 39.7 Å². The zero-order valence-corrected chi connectivity index (χ0v) is 23.7. The van der Waals surface area contributed by atoms with Crippen molar-refractivity contribution in [3.8, 4) is 22.4 Å². The van der Waals surface area contributed by atoms with Gasteiger partial charge in [0.05, 0.1) is 23.1 Å². The van der Waals surface area contributed by atoms with E-state index in [1.807, 2.05) is 19.9 Å². The number of rotatable bonds is 5. The number of Topliss-reactive ketones (excluding diaryl/α,β-unsaturated/α-hetero) is 1. The molecule has 11 nitrogen and oxygen atoms in total. The average Bonchev–Trinajstić information content (AvgIpc) is 3.59. The standard InChI is InChI=1S/C30H30FN9O2/c1-15-11-20(12-16(2)39(15)30(42)28-35-18(4)37-38-28)26-25(17(3)41)27(32)40-29(36-26)22(14-34-40)19-9-10-24(33-13-19)21-7-5-6-8-23(21)31/h5-10,13-16,20H,11-12,32H2,1-4H3,(H,35,37,38)/t15-,16?,20?/m0/s1. The second-order valence-electron chi connectivity index (χ2n) is 10.8. The summed E-state index contributed by atoms with van der Waals surface area (Å²) < 4.78 is 15.8. The molecule has 5 aromatic rings. The number of pyridine rings is 1. The summed E-state index contributed by atoms with van der Waals surface area (Å²) in [4.78, 5) is 41.6. The van der Waals surface area contributed by atoms with Gasteiger partial charge in [0, 0.05) is 40.9 Å². The highest BCUT2D eigenvalue weighted by Gasteiger charge is 2.38. The van der Waals surface area contributed by atoms with Crippen LogP contribution in [0.25, 0.3) is 28.0 Å². The van der Waals surface area contributed by atoms with Gasteiger partial charge in [-0.1, -0.05) is 18.2 Å². The Morgan fingerprint density at radius 2 is 1.76 bits per heavy atom. The number of likely N-dealkylation sites (tertiary alicyclic amines) is 1. The summed E-state index contributed by atoms with van der Waals surface area (Å²) in [5.41, 5.74) is 10.3. The van der Waals surface area contributed by atoms with E-state index in [9.17, 15) is 14.0 Å². The molecular formula is C30H30FN9O2. The van der Waals surface area contributed by atoms with Crippen LogP contribution in [0.15, 0.2) is 48.8 Å². The molecule has 3 atom stereocenters. The minimum absolute atomic E-state index is 0.136. The normalized spacial score (nSPS) is 18.9. The second-order valence-corrected chi connectivity index (χ2v) is 10.8. The number of hydrogen-bond donors (Lipinski definition) is 2. The number of anilines is 1. The molecule has 0 saturated carbocycles. The molecule has 0 bridgehead atoms. The Bertz CT molecular complexity index is 1820. The van der Waals surface area contributed by atoms with Gasteiger partial charge in [-0.2, -0.15) is 9.61 Å². The molecule has 2 unspecified atom stereocenters. The highest BCUT2D eigenvalue weighted by Crippen LogP contribution is 2.39. The van der Waals surface area contributed by atoms with Crippen molar-refractivity contribution < 1.29 is 14.0 Å². The van der Waals surface area contributed by atoms with Gasteiger partial charge in [-0.25, -0.2) is 14.4 Å². The topological polar surface area (TPSA) is 148 Å². The fourth-order valence-corrected chi connectivity index (χ4v) is 6.03. The molecule has 0 aliphatic carbocycles. The number of nitrogens with two attached hydrogens (primary N) is 1. The Morgan fingerprint density at radius 3 is 2.38 bits per heavy atom. The summed E-state index contributed by atoms with van der Waals surface area (Å²) in [5, 5.41) is 11.2. The van der Waals surface area contributed by atoms with Crippen LogP contribution >= 0.6 is 0 Å². The van der Waals surface area contributed by atoms with Crippen LogP contribution in [-0.4, -0.2) is 63.4 Å². The van der Waals surface area contributed by atoms with Crippen molar-refractivity contribution in [2.75, 3.05) is 5.73 Å². The van der Waals surface area contributed by atoms with E-state index in [1.165, 1.54) is 17.5 Å². The third-order valence-electron chi connectivity index (χ3n) is 7.90. The summed E-state index contributed by atoms with van der Waals surface area (Å²) in [5.74, 6) is -0.0193. The Balaban J connectivity index is 1.37. The number of ketones is 1. The van der Waals surface area contributed by atoms with Crippen LogP contribution in [0.3, 0.4) is 0 Å². The average molecular weight is 568 g/mol. The molecule has 0 spiro atoms. The number of nitrogen functional groups attached to an aromatic ring is 1. The maximum atomic E-state index is 14.3. The number of fused-ring (bicyclic) bond motifs is 1. The SMILES string of the molecule is CC(=O)c1c(C2CC(C)N(C(=O)c3n[nH]c(C)n3)[C@@H](C)C2)nc2c(-c3ccc(-c4ccccc4F)nc3)cnn2c1N. The molecule has 1 aliphatic rings. The van der Waals surface area contributed by atoms with Gasteiger partial charge in [-0.05, 0) is 58.7 Å². The van der Waals surface area contributed by atoms with E-state index < -0.39 is 0 Å². The van der Waals surface area contributed by atoms with Crippen molar-refractivity contribution in [3.63, 3.8) is 0 Å². The van der Waals surface area contributed by atoms with E-state index in [4.69, 9.17) is 10.7 Å². The van der Waals surface area contributed by atoms with Crippen molar-refractivity contribution in [2.45, 2.75) is 58.5 Å². The number of aryl methyl sites for hydroxylation is 1. The number of aromatic nitrogens is 7. The molecule has 1 amide bonds. The van der Waals surface area contributed by atoms with E-state index in [0.717, 1.165) is 5.56 Å². The summed E-state index contributed by atoms with van der Waals surface area (Å²) >= 11 is 0. The van der Waals surface area contributed by atoms with Gasteiger partial charge in [-0.15, -0.1) is 5.10 Å². The molecule has 3 N–H and O–H groups in total. The highest BCUT2D eigenvalue weighted by atomic mass is 19.1. The maximum absolute atomic E-state index is 14.3. The first-order valence-electron chi connectivity index (χ1n) is 13.7. The Labute approximate surface area is 241 Å². The lowest BCUT2D eigenvalue weighted by molar-refractivity contribution is 0.0462. The largest absolute Gasteiger partial charge is 0.383 e. The van der Waals surface area contributed by atoms with E-state index in [-0.39, 0.29) is 47.2 Å². The van der Waals surface area contributed by atoms with E-state index in [2.05, 4.69) is 25.3 Å². The maximum Gasteiger partial charge on any atom is 0.294 e. The van der Waals surface area contributed by atoms with Crippen molar-refractivity contribution >= 4 is 23.2 Å². The van der Waals surface area contributed by atoms with E-state index >= 15 is 0 Å². The fourth-order valence-electron chi connectivity index (χ4n) is 6.03. The van der Waals surface area contributed by atoms with Crippen LogP contribution < -0.4 is 5.73 Å². The highest BCUT2D eigenvalue weighted by molar-refractivity contribution is 6.00. The third kappa shape index (κ3) is 4.58. The number of hydrogen-bond acceptors (Lipinski definition) is 8. The van der Waals surface area contributed by atoms with Crippen LogP contribution in [0, 0.1) is 12.7 Å². The number of piperidine rings is 1. The number of benzene rings is 1. The van der Waals surface area contributed by atoms with Crippen LogP contribution in [0.1, 0.15) is 72.0 Å². The smallest absolute Gasteiger partial charge is 0.294 e. The van der Waals surface area contributed by atoms with Crippen molar-refractivity contribution in [2.24, 2.45) is 0 Å². The second kappa shape index (κ2) is 10.4. The molecule has 0 radical (unpaired) electrons. The third-order valence-corrected chi connectivity index (χ3v) is 7.90. The quantitative estimate of drug-likeness (QED) is 0.293. The van der Waals surface area contributed by atoms with Crippen LogP contribution in [0.5, 0.6) is 0 Å². The summed E-state index contributed by atoms with van der Waals surface area (Å²) in [6.45, 7) is 7.16. The number of carbonyl (C=O) groups excluding carboxylic acids is 2. The zero-order chi connectivity index (χ0) is 29.7.